The van der Waals surface area contributed by atoms with Crippen molar-refractivity contribution in [3.05, 3.63) is 34.0 Å². The molecule has 2 aromatic heterocycles. The standard InChI is InChI=1S/C17H24N6S/c1-22-5-7-23(8-6-22)17-20-11-13-10-14(2-3-15(13)21-17)19-12-16-18-4-9-24-16/h4,9,11,14,19H,2-3,5-8,10,12H2,1H3/t14-/m1/s1. The second kappa shape index (κ2) is 7.13. The molecule has 1 N–H and O–H groups in total. The molecule has 0 bridgehead atoms. The number of nitrogens with one attached hydrogen (secondary N) is 1. The molecule has 24 heavy (non-hydrogen) atoms. The lowest BCUT2D eigenvalue weighted by Gasteiger charge is -2.33. The Hall–Kier alpha value is -1.57. The molecule has 2 aliphatic rings. The zero-order chi connectivity index (χ0) is 16.4. The highest BCUT2D eigenvalue weighted by atomic mass is 32.1. The van der Waals surface area contributed by atoms with Crippen LogP contribution in [0, 0.1) is 0 Å². The normalized spacial score (nSPS) is 21.7. The summed E-state index contributed by atoms with van der Waals surface area (Å²) in [6.45, 7) is 5.07. The Morgan fingerprint density at radius 3 is 2.92 bits per heavy atom. The molecule has 1 fully saturated rings. The molecule has 1 aliphatic heterocycles. The predicted octanol–water partition coefficient (Wildman–Crippen LogP) is 1.33. The Morgan fingerprint density at radius 2 is 2.12 bits per heavy atom. The average molecular weight is 344 g/mol. The van der Waals surface area contributed by atoms with Gasteiger partial charge >= 0.3 is 0 Å². The van der Waals surface area contributed by atoms with Crippen LogP contribution in [0.15, 0.2) is 17.8 Å². The summed E-state index contributed by atoms with van der Waals surface area (Å²) in [6, 6.07) is 0.500. The molecule has 128 valence electrons. The van der Waals surface area contributed by atoms with Gasteiger partial charge in [-0.2, -0.15) is 0 Å². The van der Waals surface area contributed by atoms with Gasteiger partial charge in [0.05, 0.1) is 0 Å². The van der Waals surface area contributed by atoms with Gasteiger partial charge in [-0.3, -0.25) is 0 Å². The number of likely N-dealkylation sites (N-methyl/N-ethyl adjacent to an activating group) is 1. The van der Waals surface area contributed by atoms with E-state index < -0.39 is 0 Å². The third-order valence-corrected chi connectivity index (χ3v) is 5.73. The smallest absolute Gasteiger partial charge is 0.225 e. The predicted molar refractivity (Wildman–Crippen MR) is 96.5 cm³/mol. The Kier molecular flexibility index (Phi) is 4.73. The first-order valence-electron chi connectivity index (χ1n) is 8.68. The molecule has 1 atom stereocenters. The van der Waals surface area contributed by atoms with Gasteiger partial charge < -0.3 is 15.1 Å². The molecule has 7 heteroatoms. The summed E-state index contributed by atoms with van der Waals surface area (Å²) < 4.78 is 0. The van der Waals surface area contributed by atoms with Crippen LogP contribution in [-0.2, 0) is 19.4 Å². The zero-order valence-electron chi connectivity index (χ0n) is 14.1. The summed E-state index contributed by atoms with van der Waals surface area (Å²) in [4.78, 5) is 18.5. The lowest BCUT2D eigenvalue weighted by Crippen LogP contribution is -2.45. The maximum absolute atomic E-state index is 4.86. The molecule has 3 heterocycles. The van der Waals surface area contributed by atoms with E-state index in [0.29, 0.717) is 6.04 Å². The minimum Gasteiger partial charge on any atom is -0.338 e. The Bertz CT molecular complexity index is 666. The summed E-state index contributed by atoms with van der Waals surface area (Å²) in [5.41, 5.74) is 2.54. The summed E-state index contributed by atoms with van der Waals surface area (Å²) in [5.74, 6) is 0.913. The quantitative estimate of drug-likeness (QED) is 0.903. The highest BCUT2D eigenvalue weighted by Crippen LogP contribution is 2.22. The average Bonchev–Trinajstić information content (AvgIpc) is 3.13. The lowest BCUT2D eigenvalue weighted by molar-refractivity contribution is 0.311. The van der Waals surface area contributed by atoms with E-state index >= 15 is 0 Å². The molecule has 1 saturated heterocycles. The van der Waals surface area contributed by atoms with E-state index in [9.17, 15) is 0 Å². The van der Waals surface area contributed by atoms with Crippen molar-refractivity contribution in [2.24, 2.45) is 0 Å². The Labute approximate surface area is 146 Å². The number of aryl methyl sites for hydroxylation is 1. The van der Waals surface area contributed by atoms with E-state index in [1.807, 2.05) is 17.8 Å². The van der Waals surface area contributed by atoms with Crippen LogP contribution >= 0.6 is 11.3 Å². The fourth-order valence-electron chi connectivity index (χ4n) is 3.40. The van der Waals surface area contributed by atoms with Gasteiger partial charge in [-0.1, -0.05) is 0 Å². The van der Waals surface area contributed by atoms with Gasteiger partial charge in [0, 0.05) is 62.2 Å². The number of rotatable bonds is 4. The number of anilines is 1. The van der Waals surface area contributed by atoms with Gasteiger partial charge in [0.25, 0.3) is 0 Å². The van der Waals surface area contributed by atoms with Crippen LogP contribution in [0.5, 0.6) is 0 Å². The monoisotopic (exact) mass is 344 g/mol. The second-order valence-electron chi connectivity index (χ2n) is 6.68. The molecule has 0 spiro atoms. The number of aromatic nitrogens is 3. The van der Waals surface area contributed by atoms with E-state index in [2.05, 4.69) is 32.1 Å². The van der Waals surface area contributed by atoms with Crippen LogP contribution in [0.2, 0.25) is 0 Å². The molecule has 2 aromatic rings. The van der Waals surface area contributed by atoms with Crippen LogP contribution in [0.1, 0.15) is 22.7 Å². The van der Waals surface area contributed by atoms with Crippen LogP contribution in [0.4, 0.5) is 5.95 Å². The number of fused-ring (bicyclic) bond motifs is 1. The van der Waals surface area contributed by atoms with Gasteiger partial charge in [0.1, 0.15) is 5.01 Å². The van der Waals surface area contributed by atoms with Crippen molar-refractivity contribution in [3.8, 4) is 0 Å². The van der Waals surface area contributed by atoms with Crippen LogP contribution in [-0.4, -0.2) is 59.1 Å². The number of hydrogen-bond acceptors (Lipinski definition) is 7. The molecule has 1 aliphatic carbocycles. The first-order chi connectivity index (χ1) is 11.8. The largest absolute Gasteiger partial charge is 0.338 e. The molecule has 0 amide bonds. The minimum atomic E-state index is 0.500. The van der Waals surface area contributed by atoms with Crippen molar-refractivity contribution in [1.29, 1.82) is 0 Å². The molecule has 6 nitrogen and oxygen atoms in total. The molecule has 0 aromatic carbocycles. The molecule has 0 saturated carbocycles. The maximum Gasteiger partial charge on any atom is 0.225 e. The van der Waals surface area contributed by atoms with E-state index in [1.54, 1.807) is 11.3 Å². The van der Waals surface area contributed by atoms with E-state index in [4.69, 9.17) is 4.98 Å². The van der Waals surface area contributed by atoms with Crippen molar-refractivity contribution >= 4 is 17.3 Å². The number of piperazine rings is 1. The molecular weight excluding hydrogens is 320 g/mol. The highest BCUT2D eigenvalue weighted by molar-refractivity contribution is 7.09. The highest BCUT2D eigenvalue weighted by Gasteiger charge is 2.22. The summed E-state index contributed by atoms with van der Waals surface area (Å²) in [5, 5.41) is 6.81. The second-order valence-corrected chi connectivity index (χ2v) is 7.66. The zero-order valence-corrected chi connectivity index (χ0v) is 14.9. The first kappa shape index (κ1) is 15.9. The van der Waals surface area contributed by atoms with Gasteiger partial charge in [-0.05, 0) is 31.9 Å². The molecule has 0 unspecified atom stereocenters. The van der Waals surface area contributed by atoms with E-state index in [-0.39, 0.29) is 0 Å². The lowest BCUT2D eigenvalue weighted by atomic mass is 9.93. The van der Waals surface area contributed by atoms with Crippen molar-refractivity contribution in [2.75, 3.05) is 38.1 Å². The summed E-state index contributed by atoms with van der Waals surface area (Å²) in [6.07, 6.45) is 7.11. The maximum atomic E-state index is 4.86. The third-order valence-electron chi connectivity index (χ3n) is 4.95. The van der Waals surface area contributed by atoms with Gasteiger partial charge in [-0.25, -0.2) is 15.0 Å². The SMILES string of the molecule is CN1CCN(c2ncc3c(n2)CC[C@@H](NCc2nccs2)C3)CC1. The van der Waals surface area contributed by atoms with Crippen LogP contribution in [0.3, 0.4) is 0 Å². The van der Waals surface area contributed by atoms with E-state index in [0.717, 1.165) is 62.9 Å². The van der Waals surface area contributed by atoms with Gasteiger partial charge in [-0.15, -0.1) is 11.3 Å². The van der Waals surface area contributed by atoms with Crippen LogP contribution < -0.4 is 10.2 Å². The van der Waals surface area contributed by atoms with Crippen LogP contribution in [0.25, 0.3) is 0 Å². The molecule has 4 rings (SSSR count). The Morgan fingerprint density at radius 1 is 1.25 bits per heavy atom. The minimum absolute atomic E-state index is 0.500. The fraction of sp³-hybridized carbons (Fsp3) is 0.588. The van der Waals surface area contributed by atoms with Crippen molar-refractivity contribution in [1.82, 2.24) is 25.2 Å². The molecular formula is C17H24N6S. The number of thiazole rings is 1. The number of nitrogens with zero attached hydrogens (tertiary/aromatic N) is 5. The van der Waals surface area contributed by atoms with Gasteiger partial charge in [0.15, 0.2) is 0 Å². The Balaban J connectivity index is 1.38. The topological polar surface area (TPSA) is 57.2 Å². The number of hydrogen-bond donors (Lipinski definition) is 1. The summed E-state index contributed by atoms with van der Waals surface area (Å²) >= 11 is 1.71. The van der Waals surface area contributed by atoms with E-state index in [1.165, 1.54) is 11.3 Å². The van der Waals surface area contributed by atoms with Crippen molar-refractivity contribution in [3.63, 3.8) is 0 Å². The first-order valence-corrected chi connectivity index (χ1v) is 9.56. The van der Waals surface area contributed by atoms with Crippen molar-refractivity contribution in [2.45, 2.75) is 31.8 Å². The third kappa shape index (κ3) is 3.58. The summed E-state index contributed by atoms with van der Waals surface area (Å²) in [7, 11) is 2.17. The molecule has 0 radical (unpaired) electrons. The van der Waals surface area contributed by atoms with Crippen molar-refractivity contribution < 1.29 is 0 Å². The fourth-order valence-corrected chi connectivity index (χ4v) is 3.97. The van der Waals surface area contributed by atoms with Gasteiger partial charge in [0.2, 0.25) is 5.95 Å².